The Labute approximate surface area is 163 Å². The second-order valence-corrected chi connectivity index (χ2v) is 6.35. The molecule has 2 aromatic carbocycles. The Hall–Kier alpha value is -3.47. The molecule has 4 rings (SSSR count). The molecule has 0 fully saturated rings. The van der Waals surface area contributed by atoms with Crippen LogP contribution in [0.15, 0.2) is 85.3 Å². The predicted octanol–water partition coefficient (Wildman–Crippen LogP) is 5.16. The molecule has 0 radical (unpaired) electrons. The summed E-state index contributed by atoms with van der Waals surface area (Å²) >= 11 is 0. The summed E-state index contributed by atoms with van der Waals surface area (Å²) < 4.78 is 20.6. The molecule has 0 aliphatic carbocycles. The molecule has 140 valence electrons. The molecule has 0 spiro atoms. The summed E-state index contributed by atoms with van der Waals surface area (Å²) in [6.45, 7) is 0.262. The average Bonchev–Trinajstić information content (AvgIpc) is 3.18. The van der Waals surface area contributed by atoms with Crippen molar-refractivity contribution in [2.75, 3.05) is 6.67 Å². The van der Waals surface area contributed by atoms with Crippen molar-refractivity contribution in [3.8, 4) is 28.1 Å². The van der Waals surface area contributed by atoms with Gasteiger partial charge in [-0.3, -0.25) is 9.67 Å². The molecule has 0 unspecified atom stereocenters. The minimum absolute atomic E-state index is 0.215. The maximum Gasteiger partial charge on any atom is 0.119 e. The van der Waals surface area contributed by atoms with Gasteiger partial charge in [0.1, 0.15) is 19.0 Å². The minimum atomic E-state index is -0.470. The predicted molar refractivity (Wildman–Crippen MR) is 108 cm³/mol. The van der Waals surface area contributed by atoms with E-state index in [-0.39, 0.29) is 6.54 Å². The van der Waals surface area contributed by atoms with Crippen molar-refractivity contribution in [3.63, 3.8) is 0 Å². The lowest BCUT2D eigenvalue weighted by Gasteiger charge is -2.11. The number of aromatic nitrogens is 3. The van der Waals surface area contributed by atoms with E-state index in [1.165, 1.54) is 0 Å². The van der Waals surface area contributed by atoms with Gasteiger partial charge < -0.3 is 4.74 Å². The van der Waals surface area contributed by atoms with E-state index in [0.717, 1.165) is 33.7 Å². The molecule has 28 heavy (non-hydrogen) atoms. The number of pyridine rings is 1. The quantitative estimate of drug-likeness (QED) is 0.449. The Morgan fingerprint density at radius 2 is 1.61 bits per heavy atom. The first-order valence-electron chi connectivity index (χ1n) is 9.14. The highest BCUT2D eigenvalue weighted by atomic mass is 19.1. The van der Waals surface area contributed by atoms with Crippen LogP contribution >= 0.6 is 0 Å². The van der Waals surface area contributed by atoms with Gasteiger partial charge in [-0.25, -0.2) is 4.39 Å². The van der Waals surface area contributed by atoms with Gasteiger partial charge in [0.2, 0.25) is 0 Å². The standard InChI is InChI=1S/C23H20FN3O/c24-12-15-27-23(22(16-26-27)19-10-13-25-14-11-19)20-6-8-21(9-7-20)28-17-18-4-2-1-3-5-18/h1-11,13-14,16H,12,15,17H2. The summed E-state index contributed by atoms with van der Waals surface area (Å²) in [4.78, 5) is 4.07. The summed E-state index contributed by atoms with van der Waals surface area (Å²) in [7, 11) is 0. The highest BCUT2D eigenvalue weighted by molar-refractivity contribution is 5.80. The Bertz CT molecular complexity index is 1010. The zero-order chi connectivity index (χ0) is 19.2. The van der Waals surface area contributed by atoms with Crippen LogP contribution in [0.25, 0.3) is 22.4 Å². The molecule has 0 atom stereocenters. The third-order valence-electron chi connectivity index (χ3n) is 4.50. The summed E-state index contributed by atoms with van der Waals surface area (Å²) in [6.07, 6.45) is 5.26. The number of alkyl halides is 1. The van der Waals surface area contributed by atoms with Crippen LogP contribution in [0, 0.1) is 0 Å². The molecule has 5 heteroatoms. The first-order valence-corrected chi connectivity index (χ1v) is 9.14. The first-order chi connectivity index (χ1) is 13.8. The van der Waals surface area contributed by atoms with Crippen LogP contribution in [0.4, 0.5) is 4.39 Å². The van der Waals surface area contributed by atoms with Crippen molar-refractivity contribution >= 4 is 0 Å². The molecule has 0 amide bonds. The molecule has 2 aromatic heterocycles. The Morgan fingerprint density at radius 1 is 0.857 bits per heavy atom. The fourth-order valence-corrected chi connectivity index (χ4v) is 3.13. The summed E-state index contributed by atoms with van der Waals surface area (Å²) in [6, 6.07) is 21.7. The first kappa shape index (κ1) is 17.9. The van der Waals surface area contributed by atoms with Crippen molar-refractivity contribution in [1.29, 1.82) is 0 Å². The Balaban J connectivity index is 1.60. The van der Waals surface area contributed by atoms with E-state index < -0.39 is 6.67 Å². The number of aryl methyl sites for hydroxylation is 1. The molecule has 2 heterocycles. The summed E-state index contributed by atoms with van der Waals surface area (Å²) in [5.41, 5.74) is 4.92. The van der Waals surface area contributed by atoms with Crippen LogP contribution < -0.4 is 4.74 Å². The number of benzene rings is 2. The van der Waals surface area contributed by atoms with Crippen LogP contribution in [0.2, 0.25) is 0 Å². The van der Waals surface area contributed by atoms with E-state index in [4.69, 9.17) is 4.74 Å². The number of hydrogen-bond acceptors (Lipinski definition) is 3. The van der Waals surface area contributed by atoms with Gasteiger partial charge in [0, 0.05) is 23.5 Å². The summed E-state index contributed by atoms with van der Waals surface area (Å²) in [5, 5.41) is 4.38. The van der Waals surface area contributed by atoms with Gasteiger partial charge in [-0.15, -0.1) is 0 Å². The van der Waals surface area contributed by atoms with Crippen LogP contribution in [-0.2, 0) is 13.2 Å². The second kappa shape index (κ2) is 8.48. The molecule has 0 bridgehead atoms. The lowest BCUT2D eigenvalue weighted by Crippen LogP contribution is -2.04. The number of rotatable bonds is 7. The molecular weight excluding hydrogens is 353 g/mol. The number of hydrogen-bond donors (Lipinski definition) is 0. The topological polar surface area (TPSA) is 39.9 Å². The maximum atomic E-state index is 13.0. The fraction of sp³-hybridized carbons (Fsp3) is 0.130. The molecular formula is C23H20FN3O. The van der Waals surface area contributed by atoms with Gasteiger partial charge in [0.05, 0.1) is 18.4 Å². The Morgan fingerprint density at radius 3 is 2.32 bits per heavy atom. The third kappa shape index (κ3) is 3.93. The average molecular weight is 373 g/mol. The van der Waals surface area contributed by atoms with Crippen LogP contribution in [-0.4, -0.2) is 21.4 Å². The molecule has 0 saturated carbocycles. The SMILES string of the molecule is FCCn1ncc(-c2ccncc2)c1-c1ccc(OCc2ccccc2)cc1. The molecule has 0 aliphatic heterocycles. The molecule has 0 N–H and O–H groups in total. The van der Waals surface area contributed by atoms with E-state index in [1.54, 1.807) is 23.3 Å². The van der Waals surface area contributed by atoms with E-state index in [9.17, 15) is 4.39 Å². The van der Waals surface area contributed by atoms with E-state index in [1.807, 2.05) is 66.7 Å². The van der Waals surface area contributed by atoms with Gasteiger partial charge in [0.25, 0.3) is 0 Å². The monoisotopic (exact) mass is 373 g/mol. The largest absolute Gasteiger partial charge is 0.489 e. The van der Waals surface area contributed by atoms with Crippen LogP contribution in [0.1, 0.15) is 5.56 Å². The highest BCUT2D eigenvalue weighted by Crippen LogP contribution is 2.33. The van der Waals surface area contributed by atoms with E-state index in [2.05, 4.69) is 10.1 Å². The minimum Gasteiger partial charge on any atom is -0.489 e. The van der Waals surface area contributed by atoms with Gasteiger partial charge in [-0.2, -0.15) is 5.10 Å². The zero-order valence-electron chi connectivity index (χ0n) is 15.3. The van der Waals surface area contributed by atoms with Gasteiger partial charge in [-0.1, -0.05) is 30.3 Å². The number of halogens is 1. The van der Waals surface area contributed by atoms with Gasteiger partial charge in [-0.05, 0) is 47.5 Å². The molecule has 0 saturated heterocycles. The third-order valence-corrected chi connectivity index (χ3v) is 4.50. The highest BCUT2D eigenvalue weighted by Gasteiger charge is 2.15. The van der Waals surface area contributed by atoms with Crippen LogP contribution in [0.3, 0.4) is 0 Å². The number of ether oxygens (including phenoxy) is 1. The molecule has 4 nitrogen and oxygen atoms in total. The van der Waals surface area contributed by atoms with Crippen molar-refractivity contribution in [1.82, 2.24) is 14.8 Å². The lowest BCUT2D eigenvalue weighted by molar-refractivity contribution is 0.306. The zero-order valence-corrected chi connectivity index (χ0v) is 15.3. The number of nitrogens with zero attached hydrogens (tertiary/aromatic N) is 3. The molecule has 0 aliphatic rings. The van der Waals surface area contributed by atoms with Gasteiger partial charge >= 0.3 is 0 Å². The van der Waals surface area contributed by atoms with E-state index >= 15 is 0 Å². The second-order valence-electron chi connectivity index (χ2n) is 6.35. The normalized spacial score (nSPS) is 10.8. The lowest BCUT2D eigenvalue weighted by atomic mass is 10.0. The van der Waals surface area contributed by atoms with Crippen molar-refractivity contribution in [2.45, 2.75) is 13.2 Å². The summed E-state index contributed by atoms with van der Waals surface area (Å²) in [5.74, 6) is 0.787. The van der Waals surface area contributed by atoms with Crippen molar-refractivity contribution < 1.29 is 9.13 Å². The van der Waals surface area contributed by atoms with Crippen molar-refractivity contribution in [3.05, 3.63) is 90.9 Å². The fourth-order valence-electron chi connectivity index (χ4n) is 3.13. The molecule has 4 aromatic rings. The van der Waals surface area contributed by atoms with Crippen LogP contribution in [0.5, 0.6) is 5.75 Å². The maximum absolute atomic E-state index is 13.0. The Kier molecular flexibility index (Phi) is 5.43. The van der Waals surface area contributed by atoms with Gasteiger partial charge in [0.15, 0.2) is 0 Å². The smallest absolute Gasteiger partial charge is 0.119 e. The van der Waals surface area contributed by atoms with Crippen molar-refractivity contribution in [2.24, 2.45) is 0 Å². The van der Waals surface area contributed by atoms with E-state index in [0.29, 0.717) is 6.61 Å².